The molecule has 0 saturated carbocycles. The maximum absolute atomic E-state index is 11.4. The largest absolute Gasteiger partial charge is 0.465 e. The molecule has 2 saturated heterocycles. The van der Waals surface area contributed by atoms with Crippen LogP contribution < -0.4 is 0 Å². The van der Waals surface area contributed by atoms with Crippen molar-refractivity contribution in [1.29, 1.82) is 0 Å². The van der Waals surface area contributed by atoms with Crippen molar-refractivity contribution >= 4 is 27.9 Å². The highest BCUT2D eigenvalue weighted by Crippen LogP contribution is 2.31. The number of hydrogen-bond donors (Lipinski definition) is 1. The molecule has 2 atom stereocenters. The zero-order valence-corrected chi connectivity index (χ0v) is 9.81. The first kappa shape index (κ1) is 10.7. The summed E-state index contributed by atoms with van der Waals surface area (Å²) in [7, 11) is 0. The molecular weight excluding hydrogens is 264 g/mol. The maximum Gasteiger partial charge on any atom is 0.407 e. The molecule has 15 heavy (non-hydrogen) atoms. The monoisotopic (exact) mass is 276 g/mol. The van der Waals surface area contributed by atoms with Gasteiger partial charge in [-0.1, -0.05) is 15.9 Å². The number of hydrogen-bond acceptors (Lipinski definition) is 2. The molecule has 2 fully saturated rings. The zero-order valence-electron chi connectivity index (χ0n) is 8.23. The highest BCUT2D eigenvalue weighted by atomic mass is 79.9. The van der Waals surface area contributed by atoms with E-state index in [4.69, 9.17) is 5.11 Å². The lowest BCUT2D eigenvalue weighted by Crippen LogP contribution is -2.35. The van der Waals surface area contributed by atoms with Crippen LogP contribution in [-0.2, 0) is 4.79 Å². The summed E-state index contributed by atoms with van der Waals surface area (Å²) in [4.78, 5) is 25.4. The minimum absolute atomic E-state index is 0.103. The second-order valence-corrected chi connectivity index (χ2v) is 4.70. The summed E-state index contributed by atoms with van der Waals surface area (Å²) in [6.07, 6.45) is -0.845. The number of carbonyl (C=O) groups is 2. The minimum Gasteiger partial charge on any atom is -0.465 e. The van der Waals surface area contributed by atoms with Crippen molar-refractivity contribution in [3.8, 4) is 0 Å². The van der Waals surface area contributed by atoms with Crippen molar-refractivity contribution < 1.29 is 14.7 Å². The van der Waals surface area contributed by atoms with Crippen LogP contribution >= 0.6 is 15.9 Å². The van der Waals surface area contributed by atoms with Crippen LogP contribution in [0.25, 0.3) is 0 Å². The number of nitrogens with zero attached hydrogens (tertiary/aromatic N) is 2. The lowest BCUT2D eigenvalue weighted by molar-refractivity contribution is -0.127. The van der Waals surface area contributed by atoms with E-state index in [1.165, 1.54) is 4.90 Å². The number of likely N-dealkylation sites (tertiary alicyclic amines) is 2. The van der Waals surface area contributed by atoms with Crippen molar-refractivity contribution in [2.24, 2.45) is 11.8 Å². The van der Waals surface area contributed by atoms with Gasteiger partial charge in [-0.05, 0) is 0 Å². The first-order chi connectivity index (χ1) is 7.11. The summed E-state index contributed by atoms with van der Waals surface area (Å²) < 4.78 is 0. The molecule has 1 N–H and O–H groups in total. The van der Waals surface area contributed by atoms with Crippen LogP contribution in [0.15, 0.2) is 0 Å². The molecule has 2 aliphatic rings. The van der Waals surface area contributed by atoms with E-state index in [0.29, 0.717) is 43.3 Å². The fourth-order valence-corrected chi connectivity index (χ4v) is 2.79. The molecule has 0 spiro atoms. The fraction of sp³-hybridized carbons (Fsp3) is 0.778. The third kappa shape index (κ3) is 1.95. The van der Waals surface area contributed by atoms with Gasteiger partial charge >= 0.3 is 6.09 Å². The number of halogens is 1. The van der Waals surface area contributed by atoms with Crippen LogP contribution in [-0.4, -0.2) is 58.4 Å². The molecule has 2 amide bonds. The van der Waals surface area contributed by atoms with Gasteiger partial charge in [0, 0.05) is 38.0 Å². The van der Waals surface area contributed by atoms with Gasteiger partial charge in [0.25, 0.3) is 0 Å². The highest BCUT2D eigenvalue weighted by molar-refractivity contribution is 9.09. The molecule has 0 bridgehead atoms. The average Bonchev–Trinajstić information content (AvgIpc) is 2.72. The van der Waals surface area contributed by atoms with Crippen molar-refractivity contribution in [1.82, 2.24) is 9.80 Å². The number of amides is 2. The first-order valence-electron chi connectivity index (χ1n) is 4.93. The summed E-state index contributed by atoms with van der Waals surface area (Å²) in [5.74, 6) is 0.777. The standard InChI is InChI=1S/C9H13BrN2O3/c10-1-8(13)11-2-6-4-12(9(14)15)5-7(6)3-11/h6-7H,1-5H2,(H,14,15)/t6-,7+. The van der Waals surface area contributed by atoms with E-state index < -0.39 is 6.09 Å². The Morgan fingerprint density at radius 1 is 1.13 bits per heavy atom. The van der Waals surface area contributed by atoms with Crippen molar-refractivity contribution in [3.63, 3.8) is 0 Å². The molecular formula is C9H13BrN2O3. The van der Waals surface area contributed by atoms with Gasteiger partial charge in [0.15, 0.2) is 0 Å². The maximum atomic E-state index is 11.4. The second-order valence-electron chi connectivity index (χ2n) is 4.14. The Kier molecular flexibility index (Phi) is 2.86. The topological polar surface area (TPSA) is 60.9 Å². The van der Waals surface area contributed by atoms with Gasteiger partial charge in [0.2, 0.25) is 5.91 Å². The van der Waals surface area contributed by atoms with Crippen LogP contribution in [0.5, 0.6) is 0 Å². The molecule has 2 aliphatic heterocycles. The minimum atomic E-state index is -0.845. The number of carboxylic acid groups (broad SMARTS) is 1. The normalized spacial score (nSPS) is 29.4. The molecule has 0 radical (unpaired) electrons. The Morgan fingerprint density at radius 2 is 1.60 bits per heavy atom. The Hall–Kier alpha value is -0.780. The van der Waals surface area contributed by atoms with Gasteiger partial charge in [-0.3, -0.25) is 4.79 Å². The fourth-order valence-electron chi connectivity index (χ4n) is 2.44. The molecule has 84 valence electrons. The molecule has 2 heterocycles. The number of alkyl halides is 1. The number of rotatable bonds is 1. The van der Waals surface area contributed by atoms with Crippen molar-refractivity contribution in [2.75, 3.05) is 31.5 Å². The van der Waals surface area contributed by atoms with Crippen LogP contribution in [0, 0.1) is 11.8 Å². The summed E-state index contributed by atoms with van der Waals surface area (Å²) >= 11 is 3.14. The molecule has 0 aromatic carbocycles. The lowest BCUT2D eigenvalue weighted by atomic mass is 10.0. The highest BCUT2D eigenvalue weighted by Gasteiger charge is 2.42. The molecule has 0 aromatic heterocycles. The van der Waals surface area contributed by atoms with Gasteiger partial charge in [0.05, 0.1) is 5.33 Å². The van der Waals surface area contributed by atoms with E-state index in [1.54, 1.807) is 0 Å². The Morgan fingerprint density at radius 3 is 2.00 bits per heavy atom. The predicted octanol–water partition coefficient (Wildman–Crippen LogP) is 0.450. The van der Waals surface area contributed by atoms with Crippen LogP contribution in [0.3, 0.4) is 0 Å². The van der Waals surface area contributed by atoms with E-state index >= 15 is 0 Å². The van der Waals surface area contributed by atoms with Crippen molar-refractivity contribution in [3.05, 3.63) is 0 Å². The molecule has 2 rings (SSSR count). The van der Waals surface area contributed by atoms with Crippen molar-refractivity contribution in [2.45, 2.75) is 0 Å². The SMILES string of the molecule is O=C(O)N1C[C@@H]2CN(C(=O)CBr)C[C@@H]2C1. The Labute approximate surface area is 96.2 Å². The van der Waals surface area contributed by atoms with E-state index in [9.17, 15) is 9.59 Å². The van der Waals surface area contributed by atoms with Crippen LogP contribution in [0.4, 0.5) is 4.79 Å². The summed E-state index contributed by atoms with van der Waals surface area (Å²) in [5, 5.41) is 9.18. The number of fused-ring (bicyclic) bond motifs is 1. The van der Waals surface area contributed by atoms with Gasteiger partial charge in [-0.15, -0.1) is 0 Å². The molecule has 0 aromatic rings. The smallest absolute Gasteiger partial charge is 0.407 e. The number of carbonyl (C=O) groups excluding carboxylic acids is 1. The van der Waals surface area contributed by atoms with E-state index in [2.05, 4.69) is 15.9 Å². The lowest BCUT2D eigenvalue weighted by Gasteiger charge is -2.19. The van der Waals surface area contributed by atoms with E-state index in [-0.39, 0.29) is 5.91 Å². The molecule has 0 unspecified atom stereocenters. The Bertz CT molecular complexity index is 283. The quantitative estimate of drug-likeness (QED) is 0.708. The molecule has 0 aliphatic carbocycles. The third-order valence-electron chi connectivity index (χ3n) is 3.22. The third-order valence-corrected chi connectivity index (χ3v) is 3.70. The second kappa shape index (κ2) is 4.00. The average molecular weight is 277 g/mol. The van der Waals surface area contributed by atoms with Gasteiger partial charge in [-0.2, -0.15) is 0 Å². The Balaban J connectivity index is 1.93. The summed E-state index contributed by atoms with van der Waals surface area (Å²) in [6.45, 7) is 2.57. The van der Waals surface area contributed by atoms with Crippen LogP contribution in [0.2, 0.25) is 0 Å². The van der Waals surface area contributed by atoms with Gasteiger partial charge in [0.1, 0.15) is 0 Å². The summed E-state index contributed by atoms with van der Waals surface area (Å²) in [6, 6.07) is 0. The zero-order chi connectivity index (χ0) is 11.0. The predicted molar refractivity (Wildman–Crippen MR) is 57.0 cm³/mol. The molecule has 6 heteroatoms. The first-order valence-corrected chi connectivity index (χ1v) is 6.05. The van der Waals surface area contributed by atoms with E-state index in [1.807, 2.05) is 4.90 Å². The van der Waals surface area contributed by atoms with Gasteiger partial charge in [-0.25, -0.2) is 4.79 Å². The van der Waals surface area contributed by atoms with Crippen LogP contribution in [0.1, 0.15) is 0 Å². The van der Waals surface area contributed by atoms with E-state index in [0.717, 1.165) is 0 Å². The molecule has 5 nitrogen and oxygen atoms in total. The summed E-state index contributed by atoms with van der Waals surface area (Å²) in [5.41, 5.74) is 0. The van der Waals surface area contributed by atoms with Gasteiger partial charge < -0.3 is 14.9 Å².